The molecule has 1 atom stereocenters. The Bertz CT molecular complexity index is 301. The van der Waals surface area contributed by atoms with Crippen LogP contribution in [0.15, 0.2) is 24.5 Å². The van der Waals surface area contributed by atoms with Gasteiger partial charge in [0.15, 0.2) is 0 Å². The van der Waals surface area contributed by atoms with Gasteiger partial charge in [0.25, 0.3) is 0 Å². The lowest BCUT2D eigenvalue weighted by Crippen LogP contribution is -2.25. The van der Waals surface area contributed by atoms with Crippen molar-refractivity contribution in [1.29, 1.82) is 0 Å². The molecule has 1 aromatic rings. The number of hydrogen-bond acceptors (Lipinski definition) is 2. The van der Waals surface area contributed by atoms with Crippen molar-refractivity contribution in [3.05, 3.63) is 30.4 Å². The minimum absolute atomic E-state index is 0.176. The van der Waals surface area contributed by atoms with Crippen LogP contribution in [0.25, 0.3) is 0 Å². The minimum Gasteiger partial charge on any atom is -0.336 e. The Morgan fingerprint density at radius 3 is 2.86 bits per heavy atom. The van der Waals surface area contributed by atoms with Crippen molar-refractivity contribution in [3.8, 4) is 0 Å². The van der Waals surface area contributed by atoms with Crippen LogP contribution in [-0.2, 0) is 7.05 Å². The van der Waals surface area contributed by atoms with Crippen LogP contribution in [-0.4, -0.2) is 16.1 Å². The van der Waals surface area contributed by atoms with Gasteiger partial charge >= 0.3 is 0 Å². The van der Waals surface area contributed by atoms with Crippen molar-refractivity contribution >= 4 is 0 Å². The molecular formula is C11H19N3. The highest BCUT2D eigenvalue weighted by Gasteiger charge is 2.14. The predicted octanol–water partition coefficient (Wildman–Crippen LogP) is 2.04. The highest BCUT2D eigenvalue weighted by Crippen LogP contribution is 2.17. The lowest BCUT2D eigenvalue weighted by Gasteiger charge is -2.18. The van der Waals surface area contributed by atoms with Crippen molar-refractivity contribution in [2.45, 2.75) is 26.3 Å². The van der Waals surface area contributed by atoms with Crippen LogP contribution in [0, 0.1) is 0 Å². The van der Waals surface area contributed by atoms with Crippen molar-refractivity contribution in [2.75, 3.05) is 6.54 Å². The van der Waals surface area contributed by atoms with Gasteiger partial charge in [0.05, 0.1) is 6.04 Å². The lowest BCUT2D eigenvalue weighted by molar-refractivity contribution is 0.549. The summed E-state index contributed by atoms with van der Waals surface area (Å²) in [5, 5.41) is 3.43. The van der Waals surface area contributed by atoms with Crippen molar-refractivity contribution in [1.82, 2.24) is 14.9 Å². The van der Waals surface area contributed by atoms with E-state index in [1.54, 1.807) is 0 Å². The van der Waals surface area contributed by atoms with Gasteiger partial charge in [-0.15, -0.1) is 0 Å². The molecule has 0 radical (unpaired) electrons. The summed E-state index contributed by atoms with van der Waals surface area (Å²) < 4.78 is 2.03. The number of rotatable bonds is 5. The Balaban J connectivity index is 2.78. The number of hydrogen-bond donors (Lipinski definition) is 1. The molecule has 3 nitrogen and oxygen atoms in total. The molecule has 0 aliphatic carbocycles. The Hall–Kier alpha value is -1.09. The minimum atomic E-state index is 0.176. The van der Waals surface area contributed by atoms with Gasteiger partial charge in [-0.25, -0.2) is 4.98 Å². The Labute approximate surface area is 85.8 Å². The Kier molecular flexibility index (Phi) is 3.89. The summed E-state index contributed by atoms with van der Waals surface area (Å²) in [5.74, 6) is 1.03. The first-order valence-corrected chi connectivity index (χ1v) is 5.02. The first-order valence-electron chi connectivity index (χ1n) is 5.02. The van der Waals surface area contributed by atoms with Crippen LogP contribution in [0.3, 0.4) is 0 Å². The highest BCUT2D eigenvalue weighted by atomic mass is 15.1. The second-order valence-corrected chi connectivity index (χ2v) is 3.63. The van der Waals surface area contributed by atoms with Crippen molar-refractivity contribution in [2.24, 2.45) is 7.05 Å². The third-order valence-corrected chi connectivity index (χ3v) is 2.21. The summed E-state index contributed by atoms with van der Waals surface area (Å²) in [5.41, 5.74) is 1.10. The monoisotopic (exact) mass is 193 g/mol. The van der Waals surface area contributed by atoms with E-state index >= 15 is 0 Å². The van der Waals surface area contributed by atoms with Crippen LogP contribution < -0.4 is 5.32 Å². The molecule has 0 bridgehead atoms. The van der Waals surface area contributed by atoms with Gasteiger partial charge in [-0.05, 0) is 19.9 Å². The maximum Gasteiger partial charge on any atom is 0.129 e. The van der Waals surface area contributed by atoms with E-state index in [9.17, 15) is 0 Å². The molecule has 0 aromatic carbocycles. The zero-order valence-electron chi connectivity index (χ0n) is 9.25. The van der Waals surface area contributed by atoms with Gasteiger partial charge in [0.1, 0.15) is 5.82 Å². The number of nitrogens with zero attached hydrogens (tertiary/aromatic N) is 2. The largest absolute Gasteiger partial charge is 0.336 e. The molecule has 1 N–H and O–H groups in total. The van der Waals surface area contributed by atoms with E-state index in [-0.39, 0.29) is 6.04 Å². The molecule has 14 heavy (non-hydrogen) atoms. The average Bonchev–Trinajstić information content (AvgIpc) is 2.52. The number of nitrogens with one attached hydrogen (secondary N) is 1. The third-order valence-electron chi connectivity index (χ3n) is 2.21. The number of imidazole rings is 1. The number of aromatic nitrogens is 2. The normalized spacial score (nSPS) is 12.8. The van der Waals surface area contributed by atoms with Crippen LogP contribution in [0.2, 0.25) is 0 Å². The fourth-order valence-corrected chi connectivity index (χ4v) is 1.43. The standard InChI is InChI=1S/C11H19N3/c1-5-6-12-10(9(2)3)11-13-7-8-14(11)4/h7-8,10,12H,2,5-6H2,1,3-4H3. The molecule has 1 unspecified atom stereocenters. The SMILES string of the molecule is C=C(C)C(NCCC)c1nccn1C. The Morgan fingerprint density at radius 2 is 2.43 bits per heavy atom. The molecule has 0 saturated heterocycles. The maximum absolute atomic E-state index is 4.33. The molecule has 0 saturated carbocycles. The summed E-state index contributed by atoms with van der Waals surface area (Å²) >= 11 is 0. The van der Waals surface area contributed by atoms with E-state index in [1.807, 2.05) is 30.9 Å². The molecule has 0 aliphatic rings. The topological polar surface area (TPSA) is 29.9 Å². The molecular weight excluding hydrogens is 174 g/mol. The lowest BCUT2D eigenvalue weighted by atomic mass is 10.1. The zero-order valence-corrected chi connectivity index (χ0v) is 9.25. The van der Waals surface area contributed by atoms with E-state index in [0.717, 1.165) is 24.4 Å². The number of aryl methyl sites for hydroxylation is 1. The Morgan fingerprint density at radius 1 is 1.71 bits per heavy atom. The predicted molar refractivity (Wildman–Crippen MR) is 59.1 cm³/mol. The average molecular weight is 193 g/mol. The molecule has 0 amide bonds. The molecule has 1 aromatic heterocycles. The summed E-state index contributed by atoms with van der Waals surface area (Å²) in [7, 11) is 2.01. The smallest absolute Gasteiger partial charge is 0.129 e. The van der Waals surface area contributed by atoms with Gasteiger partial charge < -0.3 is 9.88 Å². The summed E-state index contributed by atoms with van der Waals surface area (Å²) in [6, 6.07) is 0.176. The van der Waals surface area contributed by atoms with Crippen LogP contribution in [0.1, 0.15) is 32.1 Å². The fraction of sp³-hybridized carbons (Fsp3) is 0.545. The zero-order chi connectivity index (χ0) is 10.6. The van der Waals surface area contributed by atoms with Crippen molar-refractivity contribution in [3.63, 3.8) is 0 Å². The molecule has 1 heterocycles. The van der Waals surface area contributed by atoms with Gasteiger partial charge in [-0.3, -0.25) is 0 Å². The summed E-state index contributed by atoms with van der Waals surface area (Å²) in [6.45, 7) is 9.16. The third kappa shape index (κ3) is 2.45. The molecule has 3 heteroatoms. The van der Waals surface area contributed by atoms with E-state index in [4.69, 9.17) is 0 Å². The van der Waals surface area contributed by atoms with E-state index in [2.05, 4.69) is 23.8 Å². The molecule has 0 aliphatic heterocycles. The quantitative estimate of drug-likeness (QED) is 0.725. The molecule has 0 spiro atoms. The summed E-state index contributed by atoms with van der Waals surface area (Å²) in [4.78, 5) is 4.33. The van der Waals surface area contributed by atoms with E-state index in [1.165, 1.54) is 0 Å². The van der Waals surface area contributed by atoms with Crippen LogP contribution in [0.5, 0.6) is 0 Å². The fourth-order valence-electron chi connectivity index (χ4n) is 1.43. The molecule has 0 fully saturated rings. The van der Waals surface area contributed by atoms with Gasteiger partial charge in [0.2, 0.25) is 0 Å². The first kappa shape index (κ1) is 11.0. The van der Waals surface area contributed by atoms with Gasteiger partial charge in [-0.2, -0.15) is 0 Å². The molecule has 78 valence electrons. The van der Waals surface area contributed by atoms with Crippen LogP contribution in [0.4, 0.5) is 0 Å². The van der Waals surface area contributed by atoms with Gasteiger partial charge in [0, 0.05) is 19.4 Å². The second-order valence-electron chi connectivity index (χ2n) is 3.63. The highest BCUT2D eigenvalue weighted by molar-refractivity contribution is 5.13. The first-order chi connectivity index (χ1) is 6.66. The van der Waals surface area contributed by atoms with E-state index in [0.29, 0.717) is 0 Å². The maximum atomic E-state index is 4.33. The van der Waals surface area contributed by atoms with Gasteiger partial charge in [-0.1, -0.05) is 19.1 Å². The molecule has 1 rings (SSSR count). The van der Waals surface area contributed by atoms with E-state index < -0.39 is 0 Å². The van der Waals surface area contributed by atoms with Crippen LogP contribution >= 0.6 is 0 Å². The second kappa shape index (κ2) is 4.96. The summed E-state index contributed by atoms with van der Waals surface area (Å²) in [6.07, 6.45) is 4.89. The van der Waals surface area contributed by atoms with Crippen molar-refractivity contribution < 1.29 is 0 Å².